The molecule has 0 saturated carbocycles. The van der Waals surface area contributed by atoms with Gasteiger partial charge >= 0.3 is 12.1 Å². The summed E-state index contributed by atoms with van der Waals surface area (Å²) in [6, 6.07) is 7.51. The van der Waals surface area contributed by atoms with Crippen molar-refractivity contribution >= 4 is 29.1 Å². The quantitative estimate of drug-likeness (QED) is 0.718. The Hall–Kier alpha value is -1.76. The van der Waals surface area contributed by atoms with Crippen LogP contribution in [0.4, 0.5) is 18.9 Å². The molecule has 0 aliphatic carbocycles. The Kier molecular flexibility index (Phi) is 6.92. The Morgan fingerprint density at radius 3 is 2.27 bits per heavy atom. The second kappa shape index (κ2) is 8.75. The van der Waals surface area contributed by atoms with Crippen LogP contribution >= 0.6 is 11.6 Å². The number of amides is 2. The van der Waals surface area contributed by atoms with Crippen LogP contribution in [0.2, 0.25) is 0 Å². The molecule has 2 rings (SSSR count). The van der Waals surface area contributed by atoms with Gasteiger partial charge < -0.3 is 9.80 Å². The van der Waals surface area contributed by atoms with Crippen molar-refractivity contribution in [3.63, 3.8) is 0 Å². The highest BCUT2D eigenvalue weighted by Crippen LogP contribution is 2.27. The molecule has 144 valence electrons. The minimum Gasteiger partial charge on any atom is -0.335 e. The summed E-state index contributed by atoms with van der Waals surface area (Å²) < 4.78 is 37.6. The number of anilines is 1. The van der Waals surface area contributed by atoms with E-state index in [0.29, 0.717) is 18.8 Å². The Morgan fingerprint density at radius 2 is 1.77 bits per heavy atom. The van der Waals surface area contributed by atoms with Gasteiger partial charge in [0.05, 0.1) is 0 Å². The summed E-state index contributed by atoms with van der Waals surface area (Å²) in [5, 5.41) is 0. The molecule has 1 saturated heterocycles. The Bertz CT molecular complexity index is 626. The molecule has 1 aliphatic rings. The molecule has 0 atom stereocenters. The maximum absolute atomic E-state index is 12.9. The predicted octanol–water partition coefficient (Wildman–Crippen LogP) is 3.76. The number of aryl methyl sites for hydroxylation is 1. The van der Waals surface area contributed by atoms with E-state index in [0.717, 1.165) is 16.2 Å². The monoisotopic (exact) mass is 390 g/mol. The van der Waals surface area contributed by atoms with Gasteiger partial charge in [-0.25, -0.2) is 0 Å². The van der Waals surface area contributed by atoms with E-state index in [4.69, 9.17) is 11.6 Å². The first kappa shape index (κ1) is 20.6. The first-order valence-electron chi connectivity index (χ1n) is 8.54. The first-order chi connectivity index (χ1) is 12.2. The van der Waals surface area contributed by atoms with E-state index < -0.39 is 18.0 Å². The summed E-state index contributed by atoms with van der Waals surface area (Å²) in [4.78, 5) is 26.7. The van der Waals surface area contributed by atoms with Gasteiger partial charge in [-0.1, -0.05) is 17.7 Å². The minimum atomic E-state index is -4.87. The maximum atomic E-state index is 12.9. The average molecular weight is 391 g/mol. The van der Waals surface area contributed by atoms with Crippen LogP contribution in [0.5, 0.6) is 0 Å². The number of piperidine rings is 1. The topological polar surface area (TPSA) is 40.6 Å². The number of benzene rings is 1. The maximum Gasteiger partial charge on any atom is 0.471 e. The van der Waals surface area contributed by atoms with Gasteiger partial charge in [-0.15, -0.1) is 11.6 Å². The SMILES string of the molecule is Cc1ccc(N(CCCCl)C(=O)C2CCN(C(=O)C(F)(F)F)CC2)cc1. The van der Waals surface area contributed by atoms with Crippen molar-refractivity contribution in [2.45, 2.75) is 32.4 Å². The molecule has 8 heteroatoms. The van der Waals surface area contributed by atoms with Crippen molar-refractivity contribution in [1.29, 1.82) is 0 Å². The molecule has 26 heavy (non-hydrogen) atoms. The number of rotatable bonds is 5. The number of hydrogen-bond acceptors (Lipinski definition) is 2. The molecule has 0 unspecified atom stereocenters. The summed E-state index contributed by atoms with van der Waals surface area (Å²) in [6.07, 6.45) is -3.80. The molecule has 0 N–H and O–H groups in total. The van der Waals surface area contributed by atoms with E-state index in [9.17, 15) is 22.8 Å². The van der Waals surface area contributed by atoms with E-state index >= 15 is 0 Å². The van der Waals surface area contributed by atoms with Crippen molar-refractivity contribution in [2.24, 2.45) is 5.92 Å². The van der Waals surface area contributed by atoms with Crippen LogP contribution in [0.15, 0.2) is 24.3 Å². The fraction of sp³-hybridized carbons (Fsp3) is 0.556. The van der Waals surface area contributed by atoms with Crippen molar-refractivity contribution in [2.75, 3.05) is 30.4 Å². The van der Waals surface area contributed by atoms with Crippen molar-refractivity contribution in [1.82, 2.24) is 4.90 Å². The van der Waals surface area contributed by atoms with E-state index in [1.807, 2.05) is 31.2 Å². The molecule has 0 aromatic heterocycles. The van der Waals surface area contributed by atoms with Crippen molar-refractivity contribution in [3.8, 4) is 0 Å². The number of likely N-dealkylation sites (tertiary alicyclic amines) is 1. The fourth-order valence-corrected chi connectivity index (χ4v) is 3.16. The molecule has 2 amide bonds. The second-order valence-electron chi connectivity index (χ2n) is 6.43. The second-order valence-corrected chi connectivity index (χ2v) is 6.81. The van der Waals surface area contributed by atoms with Crippen molar-refractivity contribution in [3.05, 3.63) is 29.8 Å². The van der Waals surface area contributed by atoms with Gasteiger partial charge in [0.2, 0.25) is 5.91 Å². The van der Waals surface area contributed by atoms with Crippen LogP contribution in [0.1, 0.15) is 24.8 Å². The summed E-state index contributed by atoms with van der Waals surface area (Å²) in [7, 11) is 0. The lowest BCUT2D eigenvalue weighted by Crippen LogP contribution is -2.48. The van der Waals surface area contributed by atoms with Crippen molar-refractivity contribution < 1.29 is 22.8 Å². The van der Waals surface area contributed by atoms with E-state index in [1.165, 1.54) is 0 Å². The third kappa shape index (κ3) is 5.13. The van der Waals surface area contributed by atoms with Gasteiger partial charge in [-0.3, -0.25) is 9.59 Å². The van der Waals surface area contributed by atoms with Gasteiger partial charge in [0.25, 0.3) is 0 Å². The molecule has 4 nitrogen and oxygen atoms in total. The van der Waals surface area contributed by atoms with Gasteiger partial charge in [-0.05, 0) is 38.3 Å². The number of hydrogen-bond donors (Lipinski definition) is 0. The summed E-state index contributed by atoms with van der Waals surface area (Å²) >= 11 is 5.76. The zero-order valence-electron chi connectivity index (χ0n) is 14.6. The largest absolute Gasteiger partial charge is 0.471 e. The summed E-state index contributed by atoms with van der Waals surface area (Å²) in [5.41, 5.74) is 1.82. The molecule has 0 bridgehead atoms. The molecule has 1 aromatic carbocycles. The zero-order valence-corrected chi connectivity index (χ0v) is 15.3. The Morgan fingerprint density at radius 1 is 1.19 bits per heavy atom. The zero-order chi connectivity index (χ0) is 19.3. The third-order valence-corrected chi connectivity index (χ3v) is 4.77. The molecule has 0 radical (unpaired) electrons. The molecular weight excluding hydrogens is 369 g/mol. The normalized spacial score (nSPS) is 15.8. The van der Waals surface area contributed by atoms with Crippen LogP contribution in [0.3, 0.4) is 0 Å². The molecule has 1 fully saturated rings. The van der Waals surface area contributed by atoms with Gasteiger partial charge in [0, 0.05) is 37.1 Å². The lowest BCUT2D eigenvalue weighted by atomic mass is 9.94. The van der Waals surface area contributed by atoms with Gasteiger partial charge in [-0.2, -0.15) is 13.2 Å². The van der Waals surface area contributed by atoms with Crippen LogP contribution in [-0.2, 0) is 9.59 Å². The standard InChI is InChI=1S/C18H22ClF3N2O2/c1-13-3-5-15(6-4-13)24(10-2-9-19)16(25)14-7-11-23(12-8-14)17(26)18(20,21)22/h3-6,14H,2,7-12H2,1H3. The average Bonchev–Trinajstić information content (AvgIpc) is 2.62. The highest BCUT2D eigenvalue weighted by molar-refractivity contribution is 6.17. The van der Waals surface area contributed by atoms with E-state index in [1.54, 1.807) is 4.90 Å². The number of nitrogens with zero attached hydrogens (tertiary/aromatic N) is 2. The summed E-state index contributed by atoms with van der Waals surface area (Å²) in [5.74, 6) is -1.95. The number of carbonyl (C=O) groups excluding carboxylic acids is 2. The van der Waals surface area contributed by atoms with Crippen LogP contribution in [0.25, 0.3) is 0 Å². The molecule has 1 aromatic rings. The fourth-order valence-electron chi connectivity index (χ4n) is 3.04. The third-order valence-electron chi connectivity index (χ3n) is 4.50. The molecule has 0 spiro atoms. The van der Waals surface area contributed by atoms with Crippen LogP contribution in [-0.4, -0.2) is 48.4 Å². The van der Waals surface area contributed by atoms with E-state index in [2.05, 4.69) is 0 Å². The van der Waals surface area contributed by atoms with Crippen LogP contribution < -0.4 is 4.90 Å². The molecule has 1 aliphatic heterocycles. The highest BCUT2D eigenvalue weighted by atomic mass is 35.5. The Labute approximate surface area is 155 Å². The minimum absolute atomic E-state index is 0.0635. The Balaban J connectivity index is 2.05. The number of alkyl halides is 4. The lowest BCUT2D eigenvalue weighted by molar-refractivity contribution is -0.186. The van der Waals surface area contributed by atoms with Gasteiger partial charge in [0.1, 0.15) is 0 Å². The smallest absolute Gasteiger partial charge is 0.335 e. The lowest BCUT2D eigenvalue weighted by Gasteiger charge is -2.34. The van der Waals surface area contributed by atoms with Crippen LogP contribution in [0, 0.1) is 12.8 Å². The summed E-state index contributed by atoms with van der Waals surface area (Å²) in [6.45, 7) is 2.27. The predicted molar refractivity (Wildman–Crippen MR) is 94.2 cm³/mol. The number of halogens is 4. The van der Waals surface area contributed by atoms with Gasteiger partial charge in [0.15, 0.2) is 0 Å². The molecular formula is C18H22ClF3N2O2. The molecule has 1 heterocycles. The highest BCUT2D eigenvalue weighted by Gasteiger charge is 2.44. The number of carbonyl (C=O) groups is 2. The van der Waals surface area contributed by atoms with E-state index in [-0.39, 0.29) is 31.8 Å². The first-order valence-corrected chi connectivity index (χ1v) is 9.07.